The summed E-state index contributed by atoms with van der Waals surface area (Å²) in [6.07, 6.45) is -0.999. The van der Waals surface area contributed by atoms with E-state index in [1.165, 1.54) is 14.0 Å². The number of methoxy groups -OCH3 is 1. The molecule has 0 aliphatic rings. The van der Waals surface area contributed by atoms with Crippen LogP contribution in [0.4, 0.5) is 5.69 Å². The molecule has 0 fully saturated rings. The first-order valence-electron chi connectivity index (χ1n) is 8.39. The lowest BCUT2D eigenvalue weighted by atomic mass is 10.2. The van der Waals surface area contributed by atoms with E-state index in [4.69, 9.17) is 9.47 Å². The van der Waals surface area contributed by atoms with Crippen LogP contribution < -0.4 is 15.4 Å². The minimum atomic E-state index is -0.999. The molecular formula is C20H22N2O5. The Morgan fingerprint density at radius 1 is 1.07 bits per heavy atom. The van der Waals surface area contributed by atoms with Crippen molar-refractivity contribution in [1.29, 1.82) is 0 Å². The highest BCUT2D eigenvalue weighted by molar-refractivity contribution is 5.99. The highest BCUT2D eigenvalue weighted by Crippen LogP contribution is 2.16. The number of carbonyl (C=O) groups is 3. The number of rotatable bonds is 7. The van der Waals surface area contributed by atoms with Crippen LogP contribution in [0.15, 0.2) is 48.5 Å². The number of anilines is 1. The summed E-state index contributed by atoms with van der Waals surface area (Å²) in [6.45, 7) is 3.01. The fourth-order valence-electron chi connectivity index (χ4n) is 2.34. The van der Waals surface area contributed by atoms with Crippen LogP contribution in [0.3, 0.4) is 0 Å². The third-order valence-electron chi connectivity index (χ3n) is 3.71. The summed E-state index contributed by atoms with van der Waals surface area (Å²) < 4.78 is 10.2. The number of para-hydroxylation sites is 1. The van der Waals surface area contributed by atoms with Crippen molar-refractivity contribution >= 4 is 23.5 Å². The van der Waals surface area contributed by atoms with Crippen molar-refractivity contribution in [3.05, 3.63) is 59.7 Å². The van der Waals surface area contributed by atoms with Crippen LogP contribution in [-0.4, -0.2) is 37.5 Å². The van der Waals surface area contributed by atoms with Gasteiger partial charge in [-0.1, -0.05) is 24.3 Å². The van der Waals surface area contributed by atoms with Gasteiger partial charge in [0.15, 0.2) is 6.10 Å². The Hall–Kier alpha value is -3.35. The SMILES string of the molecule is COc1ccccc1C(=O)NCC(=O)OC(C)C(=O)Nc1cccc(C)c1. The topological polar surface area (TPSA) is 93.7 Å². The molecule has 2 rings (SSSR count). The zero-order valence-electron chi connectivity index (χ0n) is 15.4. The smallest absolute Gasteiger partial charge is 0.326 e. The molecule has 2 aromatic carbocycles. The maximum atomic E-state index is 12.1. The van der Waals surface area contributed by atoms with Crippen LogP contribution >= 0.6 is 0 Å². The first kappa shape index (κ1) is 20.0. The van der Waals surface area contributed by atoms with Gasteiger partial charge in [-0.15, -0.1) is 0 Å². The number of esters is 1. The maximum Gasteiger partial charge on any atom is 0.326 e. The van der Waals surface area contributed by atoms with Crippen LogP contribution in [0.5, 0.6) is 5.75 Å². The van der Waals surface area contributed by atoms with E-state index >= 15 is 0 Å². The van der Waals surface area contributed by atoms with Crippen LogP contribution in [-0.2, 0) is 14.3 Å². The average Bonchev–Trinajstić information content (AvgIpc) is 2.66. The number of carbonyl (C=O) groups excluding carboxylic acids is 3. The van der Waals surface area contributed by atoms with Gasteiger partial charge in [-0.25, -0.2) is 0 Å². The summed E-state index contributed by atoms with van der Waals surface area (Å²) in [7, 11) is 1.45. The molecule has 0 aliphatic heterocycles. The van der Waals surface area contributed by atoms with E-state index in [1.807, 2.05) is 19.1 Å². The Morgan fingerprint density at radius 2 is 1.81 bits per heavy atom. The molecule has 1 unspecified atom stereocenters. The second-order valence-corrected chi connectivity index (χ2v) is 5.87. The average molecular weight is 370 g/mol. The summed E-state index contributed by atoms with van der Waals surface area (Å²) in [4.78, 5) is 36.2. The molecule has 0 bridgehead atoms. The predicted molar refractivity (Wildman–Crippen MR) is 101 cm³/mol. The fourth-order valence-corrected chi connectivity index (χ4v) is 2.34. The molecular weight excluding hydrogens is 348 g/mol. The molecule has 2 N–H and O–H groups in total. The normalized spacial score (nSPS) is 11.2. The third kappa shape index (κ3) is 5.85. The van der Waals surface area contributed by atoms with E-state index in [0.29, 0.717) is 17.0 Å². The van der Waals surface area contributed by atoms with Crippen LogP contribution in [0, 0.1) is 6.92 Å². The Balaban J connectivity index is 1.84. The fraction of sp³-hybridized carbons (Fsp3) is 0.250. The molecule has 0 aliphatic carbocycles. The lowest BCUT2D eigenvalue weighted by Crippen LogP contribution is -2.36. The first-order valence-corrected chi connectivity index (χ1v) is 8.39. The summed E-state index contributed by atoms with van der Waals surface area (Å²) in [5, 5.41) is 5.12. The van der Waals surface area contributed by atoms with E-state index in [0.717, 1.165) is 5.56 Å². The molecule has 27 heavy (non-hydrogen) atoms. The number of hydrogen-bond acceptors (Lipinski definition) is 5. The van der Waals surface area contributed by atoms with Gasteiger partial charge >= 0.3 is 5.97 Å². The van der Waals surface area contributed by atoms with Gasteiger partial charge < -0.3 is 20.1 Å². The van der Waals surface area contributed by atoms with E-state index < -0.39 is 23.9 Å². The molecule has 0 aromatic heterocycles. The number of nitrogens with one attached hydrogen (secondary N) is 2. The molecule has 0 spiro atoms. The van der Waals surface area contributed by atoms with Gasteiger partial charge in [-0.2, -0.15) is 0 Å². The summed E-state index contributed by atoms with van der Waals surface area (Å²) in [5.74, 6) is -1.24. The molecule has 1 atom stereocenters. The Labute approximate surface area is 157 Å². The van der Waals surface area contributed by atoms with E-state index in [2.05, 4.69) is 10.6 Å². The predicted octanol–water partition coefficient (Wildman–Crippen LogP) is 2.30. The van der Waals surface area contributed by atoms with Gasteiger partial charge in [-0.3, -0.25) is 14.4 Å². The molecule has 0 saturated carbocycles. The second kappa shape index (κ2) is 9.38. The number of benzene rings is 2. The number of amides is 2. The molecule has 2 aromatic rings. The second-order valence-electron chi connectivity index (χ2n) is 5.87. The minimum absolute atomic E-state index is 0.304. The summed E-state index contributed by atoms with van der Waals surface area (Å²) in [6, 6.07) is 13.9. The zero-order chi connectivity index (χ0) is 19.8. The Kier molecular flexibility index (Phi) is 6.93. The van der Waals surface area contributed by atoms with Crippen molar-refractivity contribution in [1.82, 2.24) is 5.32 Å². The number of hydrogen-bond donors (Lipinski definition) is 2. The third-order valence-corrected chi connectivity index (χ3v) is 3.71. The van der Waals surface area contributed by atoms with Gasteiger partial charge in [0.2, 0.25) is 0 Å². The molecule has 7 heteroatoms. The number of ether oxygens (including phenoxy) is 2. The highest BCUT2D eigenvalue weighted by atomic mass is 16.5. The van der Waals surface area contributed by atoms with E-state index in [9.17, 15) is 14.4 Å². The monoisotopic (exact) mass is 370 g/mol. The zero-order valence-corrected chi connectivity index (χ0v) is 15.4. The molecule has 2 amide bonds. The highest BCUT2D eigenvalue weighted by Gasteiger charge is 2.19. The summed E-state index contributed by atoms with van der Waals surface area (Å²) >= 11 is 0. The number of aryl methyl sites for hydroxylation is 1. The van der Waals surface area contributed by atoms with Gasteiger partial charge in [0, 0.05) is 5.69 Å². The molecule has 0 heterocycles. The Morgan fingerprint density at radius 3 is 2.52 bits per heavy atom. The molecule has 0 radical (unpaired) electrons. The lowest BCUT2D eigenvalue weighted by Gasteiger charge is -2.14. The van der Waals surface area contributed by atoms with Gasteiger partial charge in [0.1, 0.15) is 12.3 Å². The molecule has 142 valence electrons. The minimum Gasteiger partial charge on any atom is -0.496 e. The van der Waals surface area contributed by atoms with Crippen LogP contribution in [0.25, 0.3) is 0 Å². The standard InChI is InChI=1S/C20H22N2O5/c1-13-7-6-8-15(11-13)22-19(24)14(2)27-18(23)12-21-20(25)16-9-4-5-10-17(16)26-3/h4-11,14H,12H2,1-3H3,(H,21,25)(H,22,24). The first-order chi connectivity index (χ1) is 12.9. The maximum absolute atomic E-state index is 12.1. The summed E-state index contributed by atoms with van der Waals surface area (Å²) in [5.41, 5.74) is 1.92. The van der Waals surface area contributed by atoms with E-state index in [-0.39, 0.29) is 6.54 Å². The van der Waals surface area contributed by atoms with Crippen LogP contribution in [0.2, 0.25) is 0 Å². The van der Waals surface area contributed by atoms with Crippen molar-refractivity contribution in [2.24, 2.45) is 0 Å². The molecule has 7 nitrogen and oxygen atoms in total. The quantitative estimate of drug-likeness (QED) is 0.730. The lowest BCUT2D eigenvalue weighted by molar-refractivity contribution is -0.152. The van der Waals surface area contributed by atoms with Crippen molar-refractivity contribution < 1.29 is 23.9 Å². The van der Waals surface area contributed by atoms with Crippen molar-refractivity contribution in [2.75, 3.05) is 19.0 Å². The van der Waals surface area contributed by atoms with Crippen LogP contribution in [0.1, 0.15) is 22.8 Å². The largest absolute Gasteiger partial charge is 0.496 e. The van der Waals surface area contributed by atoms with Crippen molar-refractivity contribution in [2.45, 2.75) is 20.0 Å². The van der Waals surface area contributed by atoms with Gasteiger partial charge in [0.25, 0.3) is 11.8 Å². The van der Waals surface area contributed by atoms with Gasteiger partial charge in [0.05, 0.1) is 12.7 Å². The Bertz CT molecular complexity index is 835. The van der Waals surface area contributed by atoms with E-state index in [1.54, 1.807) is 36.4 Å². The van der Waals surface area contributed by atoms with Crippen molar-refractivity contribution in [3.8, 4) is 5.75 Å². The molecule has 0 saturated heterocycles. The van der Waals surface area contributed by atoms with Crippen molar-refractivity contribution in [3.63, 3.8) is 0 Å². The van der Waals surface area contributed by atoms with Gasteiger partial charge in [-0.05, 0) is 43.7 Å².